The van der Waals surface area contributed by atoms with Crippen molar-refractivity contribution in [3.63, 3.8) is 0 Å². The average Bonchev–Trinajstić information content (AvgIpc) is 2.85. The molecular weight excluding hydrogens is 467 g/mol. The first kappa shape index (κ1) is 30.3. The number of hydrogen-bond donors (Lipinski definition) is 0. The van der Waals surface area contributed by atoms with Crippen LogP contribution in [0, 0.1) is 28.4 Å². The molecule has 0 fully saturated rings. The van der Waals surface area contributed by atoms with Gasteiger partial charge in [-0.15, -0.1) is 6.42 Å². The van der Waals surface area contributed by atoms with Crippen molar-refractivity contribution in [3.05, 3.63) is 46.1 Å². The summed E-state index contributed by atoms with van der Waals surface area (Å²) >= 11 is 0. The van der Waals surface area contributed by atoms with Crippen LogP contribution in [0.2, 0.25) is 19.1 Å². The summed E-state index contributed by atoms with van der Waals surface area (Å²) in [5.41, 5.74) is 1.43. The Kier molecular flexibility index (Phi) is 24.3. The Morgan fingerprint density at radius 3 is 2.05 bits per heavy atom. The Labute approximate surface area is 157 Å². The minimum atomic E-state index is -1.29. The van der Waals surface area contributed by atoms with Crippen molar-refractivity contribution < 1.29 is 25.5 Å². The Morgan fingerprint density at radius 2 is 1.55 bits per heavy atom. The van der Waals surface area contributed by atoms with Crippen molar-refractivity contribution in [2.75, 3.05) is 7.11 Å². The van der Waals surface area contributed by atoms with E-state index in [-0.39, 0.29) is 43.3 Å². The first-order valence-corrected chi connectivity index (χ1v) is 10.6. The van der Waals surface area contributed by atoms with E-state index >= 15 is 0 Å². The predicted molar refractivity (Wildman–Crippen MR) is 101 cm³/mol. The van der Waals surface area contributed by atoms with Crippen molar-refractivity contribution in [1.82, 2.24) is 0 Å². The van der Waals surface area contributed by atoms with Gasteiger partial charge in [0.1, 0.15) is 0 Å². The minimum Gasteiger partial charge on any atom is -0.420 e. The number of hydrogen-bond acceptors (Lipinski definition) is 1. The van der Waals surface area contributed by atoms with E-state index in [0.717, 1.165) is 6.42 Å². The summed E-state index contributed by atoms with van der Waals surface area (Å²) < 4.78 is 5.56. The van der Waals surface area contributed by atoms with Crippen LogP contribution < -0.4 is 0 Å². The fourth-order valence-electron chi connectivity index (χ4n) is 2.30. The molecule has 1 nitrogen and oxygen atoms in total. The monoisotopic (exact) mass is 505 g/mol. The molecule has 0 bridgehead atoms. The van der Waals surface area contributed by atoms with Crippen molar-refractivity contribution >= 4 is 8.32 Å². The molecular formula is C19H38OPtSi. The summed E-state index contributed by atoms with van der Waals surface area (Å²) in [6.07, 6.45) is 18.3. The van der Waals surface area contributed by atoms with Crippen LogP contribution >= 0.6 is 0 Å². The van der Waals surface area contributed by atoms with Gasteiger partial charge < -0.3 is 26.7 Å². The number of allylic oxidation sites excluding steroid dienone is 4. The summed E-state index contributed by atoms with van der Waals surface area (Å²) in [4.78, 5) is 0. The van der Waals surface area contributed by atoms with E-state index in [1.165, 1.54) is 56.6 Å². The summed E-state index contributed by atoms with van der Waals surface area (Å²) in [6.45, 7) is 4.62. The van der Waals surface area contributed by atoms with Crippen LogP contribution in [0.5, 0.6) is 0 Å². The molecule has 22 heavy (non-hydrogen) atoms. The van der Waals surface area contributed by atoms with Gasteiger partial charge in [0.25, 0.3) is 0 Å². The maximum Gasteiger partial charge on any atom is 4.00 e. The summed E-state index contributed by atoms with van der Waals surface area (Å²) in [5.74, 6) is 0. The Balaban J connectivity index is -0.000000405. The Hall–Kier alpha value is 0.345. The zero-order valence-corrected chi connectivity index (χ0v) is 19.0. The third-order valence-electron chi connectivity index (χ3n) is 3.79. The number of unbranched alkanes of at least 4 members (excludes halogenated alkanes) is 5. The molecule has 1 rings (SSSR count). The van der Waals surface area contributed by atoms with Crippen LogP contribution in [0.3, 0.4) is 0 Å². The Bertz CT molecular complexity index is 285. The van der Waals surface area contributed by atoms with Crippen LogP contribution in [-0.4, -0.2) is 15.4 Å². The van der Waals surface area contributed by atoms with E-state index in [9.17, 15) is 0 Å². The van der Waals surface area contributed by atoms with E-state index in [1.807, 2.05) is 7.11 Å². The molecule has 0 aliphatic heterocycles. The largest absolute Gasteiger partial charge is 4.00 e. The molecule has 0 spiro atoms. The molecule has 1 aliphatic carbocycles. The number of rotatable bonds is 10. The van der Waals surface area contributed by atoms with Gasteiger partial charge in [-0.05, 0) is 19.1 Å². The van der Waals surface area contributed by atoms with Gasteiger partial charge >= 0.3 is 21.1 Å². The van der Waals surface area contributed by atoms with E-state index in [0.29, 0.717) is 0 Å². The molecule has 0 saturated carbocycles. The fraction of sp³-hybridized carbons (Fsp3) is 0.632. The van der Waals surface area contributed by atoms with Gasteiger partial charge in [0.15, 0.2) is 8.32 Å². The van der Waals surface area contributed by atoms with E-state index < -0.39 is 8.32 Å². The van der Waals surface area contributed by atoms with Gasteiger partial charge in [-0.2, -0.15) is 6.08 Å². The first-order valence-electron chi connectivity index (χ1n) is 7.45. The molecule has 1 aliphatic rings. The second-order valence-electron chi connectivity index (χ2n) is 5.89. The third-order valence-corrected chi connectivity index (χ3v) is 6.46. The molecule has 134 valence electrons. The Morgan fingerprint density at radius 1 is 1.00 bits per heavy atom. The summed E-state index contributed by atoms with van der Waals surface area (Å²) in [5, 5.41) is 0. The van der Waals surface area contributed by atoms with Crippen molar-refractivity contribution in [2.45, 2.75) is 70.5 Å². The van der Waals surface area contributed by atoms with Crippen LogP contribution in [-0.2, 0) is 25.5 Å². The van der Waals surface area contributed by atoms with Gasteiger partial charge in [0.2, 0.25) is 0 Å². The maximum atomic E-state index is 5.56. The van der Waals surface area contributed by atoms with E-state index in [2.05, 4.69) is 31.3 Å². The standard InChI is InChI=1S/C16H29OSi.3CH3.Pt/c1-17-18(2,3)15-11-7-5-4-6-8-12-16-13-9-10-14-16;;;;/h9,13H,4-8,10-12,15H2,1-3H3;3*1H3;/q4*-1;+4. The summed E-state index contributed by atoms with van der Waals surface area (Å²) in [7, 11) is 0.581. The normalized spacial score (nSPS) is 12.4. The average molecular weight is 506 g/mol. The molecule has 0 heterocycles. The van der Waals surface area contributed by atoms with Gasteiger partial charge in [-0.3, -0.25) is 6.08 Å². The quantitative estimate of drug-likeness (QED) is 0.185. The molecule has 0 aromatic carbocycles. The molecule has 0 N–H and O–H groups in total. The van der Waals surface area contributed by atoms with Crippen LogP contribution in [0.25, 0.3) is 0 Å². The van der Waals surface area contributed by atoms with E-state index in [4.69, 9.17) is 4.43 Å². The molecule has 0 atom stereocenters. The minimum absolute atomic E-state index is 0. The van der Waals surface area contributed by atoms with E-state index in [1.54, 1.807) is 0 Å². The first-order chi connectivity index (χ1) is 8.64. The van der Waals surface area contributed by atoms with Gasteiger partial charge in [-0.1, -0.05) is 44.9 Å². The predicted octanol–water partition coefficient (Wildman–Crippen LogP) is 6.61. The van der Waals surface area contributed by atoms with Crippen LogP contribution in [0.1, 0.15) is 51.4 Å². The molecule has 0 radical (unpaired) electrons. The maximum absolute atomic E-state index is 5.56. The summed E-state index contributed by atoms with van der Waals surface area (Å²) in [6, 6.07) is 1.32. The molecule has 3 heteroatoms. The molecule has 0 aromatic rings. The molecule has 0 amide bonds. The SMILES string of the molecule is CO[Si](C)(C)CCCCCCCCC1=[C-]CC=C1.[CH3-].[CH3-].[CH3-].[Pt+4]. The van der Waals surface area contributed by atoms with Gasteiger partial charge in [0.05, 0.1) is 0 Å². The smallest absolute Gasteiger partial charge is 0.420 e. The van der Waals surface area contributed by atoms with Crippen LogP contribution in [0.15, 0.2) is 17.7 Å². The van der Waals surface area contributed by atoms with Gasteiger partial charge in [0, 0.05) is 7.11 Å². The second kappa shape index (κ2) is 17.7. The van der Waals surface area contributed by atoms with Crippen LogP contribution in [0.4, 0.5) is 0 Å². The third kappa shape index (κ3) is 15.2. The zero-order chi connectivity index (χ0) is 13.3. The van der Waals surface area contributed by atoms with Crippen molar-refractivity contribution in [3.8, 4) is 0 Å². The zero-order valence-electron chi connectivity index (χ0n) is 15.7. The molecule has 0 saturated heterocycles. The fourth-order valence-corrected chi connectivity index (χ4v) is 3.60. The second-order valence-corrected chi connectivity index (χ2v) is 10.3. The molecule has 0 unspecified atom stereocenters. The van der Waals surface area contributed by atoms with Crippen molar-refractivity contribution in [2.24, 2.45) is 0 Å². The van der Waals surface area contributed by atoms with Crippen molar-refractivity contribution in [1.29, 1.82) is 0 Å². The molecule has 0 aromatic heterocycles. The van der Waals surface area contributed by atoms with Gasteiger partial charge in [-0.25, -0.2) is 11.6 Å². The topological polar surface area (TPSA) is 9.23 Å².